The molecule has 15 heavy (non-hydrogen) atoms. The molecule has 0 aliphatic rings. The Bertz CT molecular complexity index is 519. The van der Waals surface area contributed by atoms with Gasteiger partial charge in [0.25, 0.3) is 0 Å². The Morgan fingerprint density at radius 1 is 1.13 bits per heavy atom. The summed E-state index contributed by atoms with van der Waals surface area (Å²) in [6.07, 6.45) is 4.10. The smallest absolute Gasteiger partial charge is 0.116 e. The molecule has 76 valence electrons. The number of allylic oxidation sites excluding steroid dienone is 1. The predicted molar refractivity (Wildman–Crippen MR) is 65.1 cm³/mol. The molecule has 1 nitrogen and oxygen atoms in total. The van der Waals surface area contributed by atoms with E-state index < -0.39 is 0 Å². The maximum Gasteiger partial charge on any atom is 0.116 e. The Morgan fingerprint density at radius 2 is 1.87 bits per heavy atom. The van der Waals surface area contributed by atoms with E-state index in [0.717, 1.165) is 10.8 Å². The van der Waals surface area contributed by atoms with Gasteiger partial charge < -0.3 is 5.11 Å². The first-order chi connectivity index (χ1) is 7.22. The summed E-state index contributed by atoms with van der Waals surface area (Å²) in [4.78, 5) is 0. The van der Waals surface area contributed by atoms with Crippen LogP contribution in [0.4, 0.5) is 0 Å². The molecule has 2 aromatic rings. The monoisotopic (exact) mass is 198 g/mol. The second kappa shape index (κ2) is 3.77. The molecule has 0 radical (unpaired) electrons. The molecule has 0 bridgehead atoms. The van der Waals surface area contributed by atoms with E-state index in [0.29, 0.717) is 5.75 Å². The van der Waals surface area contributed by atoms with Crippen molar-refractivity contribution in [2.45, 2.75) is 13.8 Å². The molecular formula is C14H14O. The van der Waals surface area contributed by atoms with Crippen molar-refractivity contribution in [3.8, 4) is 5.75 Å². The van der Waals surface area contributed by atoms with Crippen molar-refractivity contribution in [2.24, 2.45) is 0 Å². The lowest BCUT2D eigenvalue weighted by Crippen LogP contribution is -1.83. The highest BCUT2D eigenvalue weighted by Crippen LogP contribution is 2.26. The van der Waals surface area contributed by atoms with Gasteiger partial charge in [-0.2, -0.15) is 0 Å². The summed E-state index contributed by atoms with van der Waals surface area (Å²) in [6, 6.07) is 9.66. The average molecular weight is 198 g/mol. The third-order valence-electron chi connectivity index (χ3n) is 2.60. The lowest BCUT2D eigenvalue weighted by Gasteiger charge is -2.06. The van der Waals surface area contributed by atoms with Crippen LogP contribution >= 0.6 is 0 Å². The van der Waals surface area contributed by atoms with Gasteiger partial charge in [-0.3, -0.25) is 0 Å². The van der Waals surface area contributed by atoms with E-state index in [4.69, 9.17) is 0 Å². The maximum absolute atomic E-state index is 9.49. The summed E-state index contributed by atoms with van der Waals surface area (Å²) < 4.78 is 0. The zero-order chi connectivity index (χ0) is 10.8. The summed E-state index contributed by atoms with van der Waals surface area (Å²) in [5.41, 5.74) is 2.41. The Labute approximate surface area is 89.7 Å². The number of rotatable bonds is 1. The van der Waals surface area contributed by atoms with Gasteiger partial charge in [-0.25, -0.2) is 0 Å². The minimum atomic E-state index is 0.318. The number of benzene rings is 2. The highest BCUT2D eigenvalue weighted by atomic mass is 16.3. The van der Waals surface area contributed by atoms with E-state index in [2.05, 4.69) is 25.1 Å². The summed E-state index contributed by atoms with van der Waals surface area (Å²) in [5.74, 6) is 0.318. The topological polar surface area (TPSA) is 20.2 Å². The zero-order valence-electron chi connectivity index (χ0n) is 8.99. The van der Waals surface area contributed by atoms with Crippen molar-refractivity contribution in [2.75, 3.05) is 0 Å². The molecule has 0 saturated heterocycles. The standard InChI is InChI=1S/C14H14O/c1-3-4-13-10(2)5-6-11-7-8-12(15)9-14(11)13/h3-9,15H,1-2H3/b4-3-. The number of hydrogen-bond donors (Lipinski definition) is 1. The molecule has 0 spiro atoms. The second-order valence-corrected chi connectivity index (χ2v) is 3.70. The molecule has 0 aliphatic heterocycles. The molecule has 2 rings (SSSR count). The quantitative estimate of drug-likeness (QED) is 0.737. The van der Waals surface area contributed by atoms with E-state index in [-0.39, 0.29) is 0 Å². The van der Waals surface area contributed by atoms with E-state index in [1.165, 1.54) is 11.1 Å². The number of phenols is 1. The summed E-state index contributed by atoms with van der Waals surface area (Å²) in [5, 5.41) is 11.8. The van der Waals surface area contributed by atoms with Crippen LogP contribution in [0, 0.1) is 6.92 Å². The van der Waals surface area contributed by atoms with Crippen molar-refractivity contribution in [1.82, 2.24) is 0 Å². The van der Waals surface area contributed by atoms with E-state index in [1.807, 2.05) is 25.1 Å². The third-order valence-corrected chi connectivity index (χ3v) is 2.60. The van der Waals surface area contributed by atoms with E-state index >= 15 is 0 Å². The van der Waals surface area contributed by atoms with Gasteiger partial charge in [0.15, 0.2) is 0 Å². The van der Waals surface area contributed by atoms with Crippen molar-refractivity contribution in [3.63, 3.8) is 0 Å². The largest absolute Gasteiger partial charge is 0.508 e. The number of aryl methyl sites for hydroxylation is 1. The first kappa shape index (κ1) is 9.78. The Morgan fingerprint density at radius 3 is 2.60 bits per heavy atom. The van der Waals surface area contributed by atoms with Crippen molar-refractivity contribution in [1.29, 1.82) is 0 Å². The molecule has 0 heterocycles. The molecule has 0 atom stereocenters. The van der Waals surface area contributed by atoms with Crippen molar-refractivity contribution < 1.29 is 5.11 Å². The fourth-order valence-corrected chi connectivity index (χ4v) is 1.83. The van der Waals surface area contributed by atoms with Crippen LogP contribution in [-0.4, -0.2) is 5.11 Å². The van der Waals surface area contributed by atoms with Crippen LogP contribution in [-0.2, 0) is 0 Å². The number of phenolic OH excluding ortho intramolecular Hbond substituents is 1. The van der Waals surface area contributed by atoms with Gasteiger partial charge in [-0.1, -0.05) is 30.4 Å². The lowest BCUT2D eigenvalue weighted by atomic mass is 9.99. The molecular weight excluding hydrogens is 184 g/mol. The van der Waals surface area contributed by atoms with E-state index in [9.17, 15) is 5.11 Å². The average Bonchev–Trinajstić information content (AvgIpc) is 2.23. The van der Waals surface area contributed by atoms with Crippen LogP contribution in [0.15, 0.2) is 36.4 Å². The molecule has 1 heteroatoms. The van der Waals surface area contributed by atoms with Crippen LogP contribution in [0.1, 0.15) is 18.1 Å². The number of fused-ring (bicyclic) bond motifs is 1. The molecule has 0 saturated carbocycles. The summed E-state index contributed by atoms with van der Waals surface area (Å²) in [7, 11) is 0. The van der Waals surface area contributed by atoms with Crippen LogP contribution < -0.4 is 0 Å². The normalized spacial score (nSPS) is 11.3. The minimum Gasteiger partial charge on any atom is -0.508 e. The van der Waals surface area contributed by atoms with Gasteiger partial charge in [-0.15, -0.1) is 0 Å². The Hall–Kier alpha value is -1.76. The van der Waals surface area contributed by atoms with Crippen LogP contribution in [0.25, 0.3) is 16.8 Å². The number of aromatic hydroxyl groups is 1. The van der Waals surface area contributed by atoms with Gasteiger partial charge in [0.1, 0.15) is 5.75 Å². The molecule has 0 unspecified atom stereocenters. The fourth-order valence-electron chi connectivity index (χ4n) is 1.83. The summed E-state index contributed by atoms with van der Waals surface area (Å²) >= 11 is 0. The fraction of sp³-hybridized carbons (Fsp3) is 0.143. The predicted octanol–water partition coefficient (Wildman–Crippen LogP) is 3.89. The minimum absolute atomic E-state index is 0.318. The Kier molecular flexibility index (Phi) is 2.46. The highest BCUT2D eigenvalue weighted by Gasteiger charge is 2.02. The summed E-state index contributed by atoms with van der Waals surface area (Å²) in [6.45, 7) is 4.08. The van der Waals surface area contributed by atoms with Gasteiger partial charge in [0.05, 0.1) is 0 Å². The zero-order valence-corrected chi connectivity index (χ0v) is 8.99. The van der Waals surface area contributed by atoms with Crippen LogP contribution in [0.5, 0.6) is 5.75 Å². The van der Waals surface area contributed by atoms with Gasteiger partial charge in [0, 0.05) is 0 Å². The van der Waals surface area contributed by atoms with Crippen molar-refractivity contribution >= 4 is 16.8 Å². The van der Waals surface area contributed by atoms with Crippen LogP contribution in [0.3, 0.4) is 0 Å². The van der Waals surface area contributed by atoms with Gasteiger partial charge in [-0.05, 0) is 47.9 Å². The molecule has 2 aromatic carbocycles. The van der Waals surface area contributed by atoms with Gasteiger partial charge >= 0.3 is 0 Å². The molecule has 0 aliphatic carbocycles. The first-order valence-electron chi connectivity index (χ1n) is 5.07. The SMILES string of the molecule is C/C=C\c1c(C)ccc2ccc(O)cc12. The maximum atomic E-state index is 9.49. The van der Waals surface area contributed by atoms with E-state index in [1.54, 1.807) is 6.07 Å². The molecule has 1 N–H and O–H groups in total. The first-order valence-corrected chi connectivity index (χ1v) is 5.07. The highest BCUT2D eigenvalue weighted by molar-refractivity contribution is 5.92. The van der Waals surface area contributed by atoms with Gasteiger partial charge in [0.2, 0.25) is 0 Å². The lowest BCUT2D eigenvalue weighted by molar-refractivity contribution is 0.476. The second-order valence-electron chi connectivity index (χ2n) is 3.70. The third kappa shape index (κ3) is 1.73. The molecule has 0 aromatic heterocycles. The molecule has 0 amide bonds. The van der Waals surface area contributed by atoms with Crippen molar-refractivity contribution in [3.05, 3.63) is 47.5 Å². The van der Waals surface area contributed by atoms with Crippen LogP contribution in [0.2, 0.25) is 0 Å². The number of hydrogen-bond acceptors (Lipinski definition) is 1. The Balaban J connectivity index is 2.84. The molecule has 0 fully saturated rings.